The SMILES string of the molecule is CCn1c(SCCC(=O)Nc2c(C)n(C)n(-c3ccccc3)c2=O)nc2ccccc21. The molecule has 0 aliphatic rings. The molecule has 0 atom stereocenters. The van der Waals surface area contributed by atoms with Gasteiger partial charge in [0.05, 0.1) is 22.4 Å². The van der Waals surface area contributed by atoms with Crippen LogP contribution in [0.3, 0.4) is 0 Å². The number of nitrogens with zero attached hydrogens (tertiary/aromatic N) is 4. The number of aromatic nitrogens is 4. The molecule has 31 heavy (non-hydrogen) atoms. The average molecular weight is 436 g/mol. The Labute approximate surface area is 184 Å². The van der Waals surface area contributed by atoms with Crippen LogP contribution in [0.25, 0.3) is 16.7 Å². The van der Waals surface area contributed by atoms with E-state index < -0.39 is 0 Å². The van der Waals surface area contributed by atoms with E-state index in [9.17, 15) is 9.59 Å². The predicted molar refractivity (Wildman–Crippen MR) is 125 cm³/mol. The number of aryl methyl sites for hydroxylation is 1. The van der Waals surface area contributed by atoms with Crippen molar-refractivity contribution >= 4 is 34.4 Å². The van der Waals surface area contributed by atoms with Crippen molar-refractivity contribution in [3.63, 3.8) is 0 Å². The number of rotatable bonds is 7. The van der Waals surface area contributed by atoms with E-state index in [0.717, 1.165) is 28.4 Å². The second-order valence-corrected chi connectivity index (χ2v) is 8.27. The van der Waals surface area contributed by atoms with E-state index in [1.807, 2.05) is 62.5 Å². The number of para-hydroxylation sites is 3. The van der Waals surface area contributed by atoms with Crippen molar-refractivity contribution in [1.82, 2.24) is 18.9 Å². The lowest BCUT2D eigenvalue weighted by molar-refractivity contribution is -0.115. The Morgan fingerprint density at radius 2 is 1.81 bits per heavy atom. The summed E-state index contributed by atoms with van der Waals surface area (Å²) in [5, 5.41) is 3.72. The molecular weight excluding hydrogens is 410 g/mol. The van der Waals surface area contributed by atoms with Crippen LogP contribution in [-0.4, -0.2) is 30.6 Å². The highest BCUT2D eigenvalue weighted by molar-refractivity contribution is 7.99. The van der Waals surface area contributed by atoms with Gasteiger partial charge in [0.25, 0.3) is 5.56 Å². The Hall–Kier alpha value is -3.26. The molecule has 0 aliphatic heterocycles. The maximum absolute atomic E-state index is 12.9. The highest BCUT2D eigenvalue weighted by atomic mass is 32.2. The molecule has 0 aliphatic carbocycles. The van der Waals surface area contributed by atoms with Gasteiger partial charge in [0, 0.05) is 25.8 Å². The van der Waals surface area contributed by atoms with Crippen LogP contribution >= 0.6 is 11.8 Å². The van der Waals surface area contributed by atoms with Gasteiger partial charge in [0.2, 0.25) is 5.91 Å². The first kappa shape index (κ1) is 21.0. The van der Waals surface area contributed by atoms with E-state index in [0.29, 0.717) is 17.1 Å². The normalized spacial score (nSPS) is 11.2. The Kier molecular flexibility index (Phi) is 5.99. The van der Waals surface area contributed by atoms with Gasteiger partial charge in [0.1, 0.15) is 5.69 Å². The number of anilines is 1. The maximum Gasteiger partial charge on any atom is 0.295 e. The van der Waals surface area contributed by atoms with Crippen molar-refractivity contribution in [2.75, 3.05) is 11.1 Å². The number of nitrogens with one attached hydrogen (secondary N) is 1. The van der Waals surface area contributed by atoms with Crippen molar-refractivity contribution in [2.45, 2.75) is 32.0 Å². The first-order valence-electron chi connectivity index (χ1n) is 10.2. The van der Waals surface area contributed by atoms with Crippen molar-refractivity contribution < 1.29 is 4.79 Å². The lowest BCUT2D eigenvalue weighted by atomic mass is 10.3. The molecule has 0 fully saturated rings. The number of amides is 1. The third kappa shape index (κ3) is 4.03. The molecule has 2 heterocycles. The molecule has 0 unspecified atom stereocenters. The molecule has 2 aromatic carbocycles. The summed E-state index contributed by atoms with van der Waals surface area (Å²) in [5.74, 6) is 0.395. The van der Waals surface area contributed by atoms with E-state index >= 15 is 0 Å². The Balaban J connectivity index is 1.45. The maximum atomic E-state index is 12.9. The number of imidazole rings is 1. The molecule has 8 heteroatoms. The van der Waals surface area contributed by atoms with Gasteiger partial charge in [0.15, 0.2) is 5.16 Å². The summed E-state index contributed by atoms with van der Waals surface area (Å²) >= 11 is 1.55. The van der Waals surface area contributed by atoms with Crippen LogP contribution in [0, 0.1) is 6.92 Å². The van der Waals surface area contributed by atoms with Gasteiger partial charge < -0.3 is 9.88 Å². The van der Waals surface area contributed by atoms with Gasteiger partial charge in [-0.25, -0.2) is 9.67 Å². The van der Waals surface area contributed by atoms with Gasteiger partial charge in [-0.1, -0.05) is 42.1 Å². The van der Waals surface area contributed by atoms with Crippen LogP contribution in [0.5, 0.6) is 0 Å². The minimum absolute atomic E-state index is 0.183. The molecule has 4 aromatic rings. The fraction of sp³-hybridized carbons (Fsp3) is 0.261. The van der Waals surface area contributed by atoms with E-state index in [1.54, 1.807) is 21.1 Å². The Bertz CT molecular complexity index is 1290. The van der Waals surface area contributed by atoms with Crippen LogP contribution in [0.15, 0.2) is 64.5 Å². The van der Waals surface area contributed by atoms with E-state index in [2.05, 4.69) is 27.9 Å². The van der Waals surface area contributed by atoms with Gasteiger partial charge in [-0.3, -0.25) is 14.3 Å². The lowest BCUT2D eigenvalue weighted by Crippen LogP contribution is -2.23. The molecule has 0 bridgehead atoms. The summed E-state index contributed by atoms with van der Waals surface area (Å²) in [4.78, 5) is 30.2. The zero-order valence-corrected chi connectivity index (χ0v) is 18.6. The summed E-state index contributed by atoms with van der Waals surface area (Å²) in [6.45, 7) is 4.73. The number of carbonyl (C=O) groups is 1. The molecular formula is C23H25N5O2S. The second-order valence-electron chi connectivity index (χ2n) is 7.21. The Morgan fingerprint density at radius 1 is 1.10 bits per heavy atom. The smallest absolute Gasteiger partial charge is 0.295 e. The minimum Gasteiger partial charge on any atom is -0.320 e. The zero-order chi connectivity index (χ0) is 22.0. The number of thioether (sulfide) groups is 1. The summed E-state index contributed by atoms with van der Waals surface area (Å²) in [5.41, 5.74) is 3.60. The lowest BCUT2D eigenvalue weighted by Gasteiger charge is -2.07. The average Bonchev–Trinajstić information content (AvgIpc) is 3.24. The molecule has 0 spiro atoms. The van der Waals surface area contributed by atoms with Crippen molar-refractivity contribution in [1.29, 1.82) is 0 Å². The minimum atomic E-state index is -0.236. The molecule has 7 nitrogen and oxygen atoms in total. The van der Waals surface area contributed by atoms with Gasteiger partial charge in [-0.05, 0) is 38.1 Å². The van der Waals surface area contributed by atoms with Crippen LogP contribution in [0.1, 0.15) is 19.0 Å². The predicted octanol–water partition coefficient (Wildman–Crippen LogP) is 3.97. The number of hydrogen-bond acceptors (Lipinski definition) is 4. The fourth-order valence-corrected chi connectivity index (χ4v) is 4.63. The van der Waals surface area contributed by atoms with Crippen LogP contribution in [-0.2, 0) is 18.4 Å². The van der Waals surface area contributed by atoms with Gasteiger partial charge >= 0.3 is 0 Å². The fourth-order valence-electron chi connectivity index (χ4n) is 3.62. The second kappa shape index (κ2) is 8.85. The summed E-state index contributed by atoms with van der Waals surface area (Å²) < 4.78 is 5.46. The number of benzene rings is 2. The zero-order valence-electron chi connectivity index (χ0n) is 17.8. The molecule has 0 saturated carbocycles. The molecule has 0 radical (unpaired) electrons. The van der Waals surface area contributed by atoms with E-state index in [4.69, 9.17) is 0 Å². The third-order valence-corrected chi connectivity index (χ3v) is 6.29. The highest BCUT2D eigenvalue weighted by Crippen LogP contribution is 2.24. The quantitative estimate of drug-likeness (QED) is 0.446. The molecule has 1 N–H and O–H groups in total. The first-order chi connectivity index (χ1) is 15.0. The largest absolute Gasteiger partial charge is 0.320 e. The molecule has 0 saturated heterocycles. The summed E-state index contributed by atoms with van der Waals surface area (Å²) in [6.07, 6.45) is 0.288. The third-order valence-electron chi connectivity index (χ3n) is 5.31. The van der Waals surface area contributed by atoms with Crippen molar-refractivity contribution in [2.24, 2.45) is 7.05 Å². The first-order valence-corrected chi connectivity index (χ1v) is 11.2. The number of hydrogen-bond donors (Lipinski definition) is 1. The topological polar surface area (TPSA) is 73.8 Å². The van der Waals surface area contributed by atoms with Crippen molar-refractivity contribution in [3.8, 4) is 5.69 Å². The molecule has 1 amide bonds. The Morgan fingerprint density at radius 3 is 2.55 bits per heavy atom. The van der Waals surface area contributed by atoms with Crippen molar-refractivity contribution in [3.05, 3.63) is 70.6 Å². The summed E-state index contributed by atoms with van der Waals surface area (Å²) in [6, 6.07) is 17.4. The summed E-state index contributed by atoms with van der Waals surface area (Å²) in [7, 11) is 1.81. The highest BCUT2D eigenvalue weighted by Gasteiger charge is 2.18. The van der Waals surface area contributed by atoms with Crippen LogP contribution in [0.2, 0.25) is 0 Å². The van der Waals surface area contributed by atoms with E-state index in [1.165, 1.54) is 0 Å². The standard InChI is InChI=1S/C23H25N5O2S/c1-4-27-19-13-9-8-12-18(19)24-23(27)31-15-14-20(29)25-21-16(2)26(3)28(22(21)30)17-10-6-5-7-11-17/h5-13H,4,14-15H2,1-3H3,(H,25,29). The van der Waals surface area contributed by atoms with Crippen LogP contribution < -0.4 is 10.9 Å². The number of fused-ring (bicyclic) bond motifs is 1. The number of carbonyl (C=O) groups excluding carboxylic acids is 1. The van der Waals surface area contributed by atoms with Gasteiger partial charge in [-0.2, -0.15) is 0 Å². The molecule has 2 aromatic heterocycles. The molecule has 160 valence electrons. The van der Waals surface area contributed by atoms with Crippen LogP contribution in [0.4, 0.5) is 5.69 Å². The molecule has 4 rings (SSSR count). The monoisotopic (exact) mass is 435 g/mol. The van der Waals surface area contributed by atoms with Gasteiger partial charge in [-0.15, -0.1) is 0 Å². The van der Waals surface area contributed by atoms with E-state index in [-0.39, 0.29) is 17.9 Å².